The van der Waals surface area contributed by atoms with Crippen LogP contribution >= 0.6 is 27.5 Å². The molecule has 3 aromatic carbocycles. The molecule has 1 amide bonds. The minimum Gasteiger partial charge on any atom is -0.481 e. The molecule has 186 valence electrons. The molecule has 1 N–H and O–H groups in total. The first kappa shape index (κ1) is 25.1. The summed E-state index contributed by atoms with van der Waals surface area (Å²) in [5, 5.41) is 16.9. The van der Waals surface area contributed by atoms with E-state index in [-0.39, 0.29) is 24.8 Å². The van der Waals surface area contributed by atoms with Gasteiger partial charge in [0.05, 0.1) is 23.7 Å². The zero-order valence-corrected chi connectivity index (χ0v) is 22.3. The van der Waals surface area contributed by atoms with Gasteiger partial charge in [0.25, 0.3) is 0 Å². The molecule has 1 atom stereocenters. The molecule has 5 rings (SSSR count). The Bertz CT molecular complexity index is 1540. The number of hydrazone groups is 1. The minimum absolute atomic E-state index is 0.130. The number of benzene rings is 3. The Morgan fingerprint density at radius 3 is 2.46 bits per heavy atom. The number of hydrogen-bond donors (Lipinski definition) is 1. The van der Waals surface area contributed by atoms with Crippen LogP contribution < -0.4 is 0 Å². The third kappa shape index (κ3) is 5.15. The number of aromatic nitrogens is 1. The van der Waals surface area contributed by atoms with Gasteiger partial charge in [-0.1, -0.05) is 70.0 Å². The highest BCUT2D eigenvalue weighted by Gasteiger charge is 2.35. The minimum atomic E-state index is -1.02. The Hall–Kier alpha value is -3.55. The summed E-state index contributed by atoms with van der Waals surface area (Å²) in [6, 6.07) is 23.0. The molecule has 0 spiro atoms. The monoisotopic (exact) mass is 575 g/mol. The second-order valence-corrected chi connectivity index (χ2v) is 10.3. The summed E-state index contributed by atoms with van der Waals surface area (Å²) in [4.78, 5) is 29.2. The zero-order valence-electron chi connectivity index (χ0n) is 20.0. The summed E-state index contributed by atoms with van der Waals surface area (Å²) in [6.07, 6.45) is 0.0850. The molecule has 8 heteroatoms. The van der Waals surface area contributed by atoms with Crippen LogP contribution in [0.15, 0.2) is 82.4 Å². The van der Waals surface area contributed by atoms with E-state index in [9.17, 15) is 9.59 Å². The fourth-order valence-corrected chi connectivity index (χ4v) is 5.22. The molecule has 2 heterocycles. The van der Waals surface area contributed by atoms with Gasteiger partial charge in [0.2, 0.25) is 5.91 Å². The van der Waals surface area contributed by atoms with Gasteiger partial charge in [-0.25, -0.2) is 5.01 Å². The second-order valence-electron chi connectivity index (χ2n) is 8.92. The Morgan fingerprint density at radius 2 is 1.76 bits per heavy atom. The smallest absolute Gasteiger partial charge is 0.303 e. The molecule has 1 aliphatic heterocycles. The number of pyridine rings is 1. The molecule has 1 aliphatic rings. The molecule has 0 aliphatic carbocycles. The number of hydrogen-bond acceptors (Lipinski definition) is 4. The van der Waals surface area contributed by atoms with Crippen molar-refractivity contribution in [2.24, 2.45) is 5.10 Å². The van der Waals surface area contributed by atoms with Crippen molar-refractivity contribution < 1.29 is 14.7 Å². The average Bonchev–Trinajstić information content (AvgIpc) is 3.32. The van der Waals surface area contributed by atoms with Crippen molar-refractivity contribution in [2.45, 2.75) is 32.2 Å². The Balaban J connectivity index is 1.69. The molecule has 4 aromatic rings. The number of carboxylic acid groups (broad SMARTS) is 1. The van der Waals surface area contributed by atoms with Crippen LogP contribution in [0.2, 0.25) is 5.02 Å². The lowest BCUT2D eigenvalue weighted by atomic mass is 9.89. The SMILES string of the molecule is Cc1nc2ccc(Cl)cc2c(-c2ccccc2)c1C1=NN(C(=O)CCC(=O)O)[C@H](c2ccc(Br)cc2)C1. The molecule has 0 fully saturated rings. The van der Waals surface area contributed by atoms with Crippen LogP contribution in [0.3, 0.4) is 0 Å². The topological polar surface area (TPSA) is 82.9 Å². The number of carbonyl (C=O) groups excluding carboxylic acids is 1. The largest absolute Gasteiger partial charge is 0.481 e. The van der Waals surface area contributed by atoms with Gasteiger partial charge < -0.3 is 5.11 Å². The van der Waals surface area contributed by atoms with Crippen LogP contribution in [0.4, 0.5) is 0 Å². The number of fused-ring (bicyclic) bond motifs is 1. The number of amides is 1. The van der Waals surface area contributed by atoms with Gasteiger partial charge in [-0.3, -0.25) is 14.6 Å². The Morgan fingerprint density at radius 1 is 1.03 bits per heavy atom. The van der Waals surface area contributed by atoms with E-state index >= 15 is 0 Å². The summed E-state index contributed by atoms with van der Waals surface area (Å²) < 4.78 is 0.928. The normalized spacial score (nSPS) is 15.2. The van der Waals surface area contributed by atoms with Crippen molar-refractivity contribution in [3.05, 3.63) is 99.1 Å². The summed E-state index contributed by atoms with van der Waals surface area (Å²) in [5.41, 5.74) is 6.07. The molecule has 0 bridgehead atoms. The molecule has 37 heavy (non-hydrogen) atoms. The molecular weight excluding hydrogens is 554 g/mol. The van der Waals surface area contributed by atoms with Crippen molar-refractivity contribution in [3.8, 4) is 11.1 Å². The van der Waals surface area contributed by atoms with E-state index in [1.807, 2.05) is 79.7 Å². The zero-order chi connectivity index (χ0) is 26.1. The van der Waals surface area contributed by atoms with Gasteiger partial charge in [-0.15, -0.1) is 0 Å². The van der Waals surface area contributed by atoms with E-state index in [1.165, 1.54) is 5.01 Å². The molecular formula is C29H23BrClN3O3. The van der Waals surface area contributed by atoms with Crippen LogP contribution in [0.1, 0.15) is 42.1 Å². The summed E-state index contributed by atoms with van der Waals surface area (Å²) >= 11 is 9.88. The van der Waals surface area contributed by atoms with Gasteiger partial charge in [0.15, 0.2) is 0 Å². The number of halogens is 2. The highest BCUT2D eigenvalue weighted by molar-refractivity contribution is 9.10. The lowest BCUT2D eigenvalue weighted by molar-refractivity contribution is -0.141. The van der Waals surface area contributed by atoms with Crippen molar-refractivity contribution >= 4 is 56.0 Å². The summed E-state index contributed by atoms with van der Waals surface area (Å²) in [7, 11) is 0. The third-order valence-corrected chi connectivity index (χ3v) is 7.22. The Kier molecular flexibility index (Phi) is 7.09. The van der Waals surface area contributed by atoms with E-state index in [4.69, 9.17) is 26.8 Å². The van der Waals surface area contributed by atoms with Crippen LogP contribution in [-0.2, 0) is 9.59 Å². The fourth-order valence-electron chi connectivity index (χ4n) is 4.78. The van der Waals surface area contributed by atoms with E-state index in [0.717, 1.165) is 49.0 Å². The molecule has 0 saturated carbocycles. The predicted octanol–water partition coefficient (Wildman–Crippen LogP) is 7.17. The molecule has 0 unspecified atom stereocenters. The Labute approximate surface area is 227 Å². The maximum absolute atomic E-state index is 13.2. The number of aryl methyl sites for hydroxylation is 1. The van der Waals surface area contributed by atoms with Gasteiger partial charge in [-0.05, 0) is 48.4 Å². The number of aliphatic carboxylic acids is 1. The van der Waals surface area contributed by atoms with Gasteiger partial charge in [-0.2, -0.15) is 5.10 Å². The van der Waals surface area contributed by atoms with Crippen molar-refractivity contribution in [1.82, 2.24) is 9.99 Å². The average molecular weight is 577 g/mol. The van der Waals surface area contributed by atoms with Gasteiger partial charge in [0.1, 0.15) is 0 Å². The molecule has 0 radical (unpaired) electrons. The van der Waals surface area contributed by atoms with Crippen LogP contribution in [0.25, 0.3) is 22.0 Å². The van der Waals surface area contributed by atoms with Gasteiger partial charge in [0, 0.05) is 44.5 Å². The lowest BCUT2D eigenvalue weighted by Crippen LogP contribution is -2.27. The number of rotatable bonds is 6. The number of carboxylic acids is 1. The first-order valence-electron chi connectivity index (χ1n) is 11.8. The first-order valence-corrected chi connectivity index (χ1v) is 13.0. The standard InChI is InChI=1S/C29H23BrClN3O3/c1-17-28(29(19-5-3-2-4-6-19)22-15-21(31)11-12-23(22)32-17)24-16-25(18-7-9-20(30)10-8-18)34(33-24)26(35)13-14-27(36)37/h2-12,15,25H,13-14,16H2,1H3,(H,36,37)/t25-/m0/s1. The van der Waals surface area contributed by atoms with E-state index in [1.54, 1.807) is 0 Å². The van der Waals surface area contributed by atoms with Gasteiger partial charge >= 0.3 is 5.97 Å². The van der Waals surface area contributed by atoms with E-state index in [0.29, 0.717) is 11.4 Å². The van der Waals surface area contributed by atoms with Crippen LogP contribution in [0, 0.1) is 6.92 Å². The van der Waals surface area contributed by atoms with E-state index < -0.39 is 5.97 Å². The predicted molar refractivity (Wildman–Crippen MR) is 149 cm³/mol. The third-order valence-electron chi connectivity index (χ3n) is 6.45. The van der Waals surface area contributed by atoms with Crippen LogP contribution in [-0.4, -0.2) is 32.7 Å². The fraction of sp³-hybridized carbons (Fsp3) is 0.172. The number of nitrogens with zero attached hydrogens (tertiary/aromatic N) is 3. The molecule has 1 aromatic heterocycles. The highest BCUT2D eigenvalue weighted by Crippen LogP contribution is 2.40. The quantitative estimate of drug-likeness (QED) is 0.264. The molecule has 6 nitrogen and oxygen atoms in total. The number of carbonyl (C=O) groups is 2. The van der Waals surface area contributed by atoms with Crippen molar-refractivity contribution in [3.63, 3.8) is 0 Å². The second kappa shape index (κ2) is 10.4. The van der Waals surface area contributed by atoms with Crippen LogP contribution in [0.5, 0.6) is 0 Å². The van der Waals surface area contributed by atoms with Crippen molar-refractivity contribution in [1.29, 1.82) is 0 Å². The first-order chi connectivity index (χ1) is 17.8. The molecule has 0 saturated heterocycles. The van der Waals surface area contributed by atoms with Crippen molar-refractivity contribution in [2.75, 3.05) is 0 Å². The maximum atomic E-state index is 13.2. The summed E-state index contributed by atoms with van der Waals surface area (Å²) in [6.45, 7) is 1.95. The lowest BCUT2D eigenvalue weighted by Gasteiger charge is -2.22. The van der Waals surface area contributed by atoms with E-state index in [2.05, 4.69) is 15.9 Å². The maximum Gasteiger partial charge on any atom is 0.303 e. The highest BCUT2D eigenvalue weighted by atomic mass is 79.9. The summed E-state index contributed by atoms with van der Waals surface area (Å²) in [5.74, 6) is -1.35.